The van der Waals surface area contributed by atoms with E-state index in [1.54, 1.807) is 13.8 Å². The topological polar surface area (TPSA) is 87.0 Å². The molecule has 2 heterocycles. The van der Waals surface area contributed by atoms with Crippen molar-refractivity contribution in [1.29, 1.82) is 0 Å². The molecule has 9 heteroatoms. The first-order chi connectivity index (χ1) is 11.7. The highest BCUT2D eigenvalue weighted by Crippen LogP contribution is 2.42. The highest BCUT2D eigenvalue weighted by molar-refractivity contribution is 5.96. The van der Waals surface area contributed by atoms with Gasteiger partial charge in [0.15, 0.2) is 18.1 Å². The summed E-state index contributed by atoms with van der Waals surface area (Å²) in [5, 5.41) is 2.41. The molecule has 1 aliphatic heterocycles. The Kier molecular flexibility index (Phi) is 4.07. The molecule has 7 nitrogen and oxygen atoms in total. The average molecular weight is 353 g/mol. The van der Waals surface area contributed by atoms with Crippen molar-refractivity contribution in [3.05, 3.63) is 41.3 Å². The van der Waals surface area contributed by atoms with Crippen LogP contribution < -0.4 is 14.8 Å². The number of benzene rings is 1. The second-order valence-corrected chi connectivity index (χ2v) is 5.28. The fraction of sp³-hybridized carbons (Fsp3) is 0.250. The molecule has 0 saturated carbocycles. The number of halogens is 2. The minimum Gasteiger partial charge on any atom is -0.466 e. The third-order valence-electron chi connectivity index (χ3n) is 3.28. The van der Waals surface area contributed by atoms with Crippen molar-refractivity contribution in [2.75, 3.05) is 11.9 Å². The first kappa shape index (κ1) is 16.7. The zero-order valence-corrected chi connectivity index (χ0v) is 13.2. The molecule has 25 heavy (non-hydrogen) atoms. The molecular weight excluding hydrogens is 340 g/mol. The number of ether oxygens (including phenoxy) is 3. The van der Waals surface area contributed by atoms with Crippen LogP contribution in [-0.4, -0.2) is 24.8 Å². The molecule has 0 saturated heterocycles. The smallest absolute Gasteiger partial charge is 0.466 e. The van der Waals surface area contributed by atoms with Crippen LogP contribution in [0.3, 0.4) is 0 Å². The van der Waals surface area contributed by atoms with Gasteiger partial charge in [-0.3, -0.25) is 4.79 Å². The standard InChI is InChI=1S/C16H13F2NO6/c1-8-5-11(9(2)23-8)15(21)22-7-14(20)19-10-3-4-12-13(6-10)25-16(17,18)24-12/h3-6H,7H2,1-2H3,(H,19,20). The molecule has 0 spiro atoms. The van der Waals surface area contributed by atoms with Gasteiger partial charge in [0.05, 0.1) is 0 Å². The van der Waals surface area contributed by atoms with E-state index in [4.69, 9.17) is 9.15 Å². The Morgan fingerprint density at radius 2 is 1.88 bits per heavy atom. The number of fused-ring (bicyclic) bond motifs is 1. The van der Waals surface area contributed by atoms with Crippen molar-refractivity contribution < 1.29 is 37.0 Å². The Labute approximate surface area is 140 Å². The minimum atomic E-state index is -3.74. The van der Waals surface area contributed by atoms with E-state index < -0.39 is 24.8 Å². The van der Waals surface area contributed by atoms with Gasteiger partial charge < -0.3 is 23.9 Å². The van der Waals surface area contributed by atoms with Crippen LogP contribution in [0.1, 0.15) is 21.9 Å². The molecule has 1 aliphatic rings. The number of alkyl halides is 2. The lowest BCUT2D eigenvalue weighted by molar-refractivity contribution is -0.286. The number of aryl methyl sites for hydroxylation is 2. The Bertz CT molecular complexity index is 845. The Hall–Kier alpha value is -3.10. The Morgan fingerprint density at radius 3 is 2.56 bits per heavy atom. The lowest BCUT2D eigenvalue weighted by Gasteiger charge is -2.07. The third-order valence-corrected chi connectivity index (χ3v) is 3.28. The highest BCUT2D eigenvalue weighted by atomic mass is 19.3. The molecule has 0 radical (unpaired) electrons. The van der Waals surface area contributed by atoms with Crippen LogP contribution >= 0.6 is 0 Å². The predicted molar refractivity (Wildman–Crippen MR) is 79.7 cm³/mol. The van der Waals surface area contributed by atoms with Crippen LogP contribution in [0.4, 0.5) is 14.5 Å². The average Bonchev–Trinajstić information content (AvgIpc) is 3.01. The maximum Gasteiger partial charge on any atom is 0.586 e. The number of carbonyl (C=O) groups excluding carboxylic acids is 2. The quantitative estimate of drug-likeness (QED) is 0.851. The van der Waals surface area contributed by atoms with Gasteiger partial charge in [0.1, 0.15) is 17.1 Å². The van der Waals surface area contributed by atoms with E-state index in [1.807, 2.05) is 0 Å². The van der Waals surface area contributed by atoms with Gasteiger partial charge in [-0.1, -0.05) is 0 Å². The molecule has 3 rings (SSSR count). The van der Waals surface area contributed by atoms with Crippen LogP contribution in [0.5, 0.6) is 11.5 Å². The number of hydrogen-bond acceptors (Lipinski definition) is 6. The molecule has 1 aromatic heterocycles. The second kappa shape index (κ2) is 6.08. The highest BCUT2D eigenvalue weighted by Gasteiger charge is 2.43. The van der Waals surface area contributed by atoms with Gasteiger partial charge in [0.2, 0.25) is 0 Å². The molecular formula is C16H13F2NO6. The van der Waals surface area contributed by atoms with Gasteiger partial charge in [-0.25, -0.2) is 4.79 Å². The van der Waals surface area contributed by atoms with Crippen LogP contribution in [0.25, 0.3) is 0 Å². The summed E-state index contributed by atoms with van der Waals surface area (Å²) in [7, 11) is 0. The molecule has 0 bridgehead atoms. The molecule has 1 amide bonds. The molecule has 0 atom stereocenters. The molecule has 1 aromatic carbocycles. The number of nitrogens with one attached hydrogen (secondary N) is 1. The van der Waals surface area contributed by atoms with Crippen molar-refractivity contribution in [3.63, 3.8) is 0 Å². The summed E-state index contributed by atoms with van der Waals surface area (Å²) in [5.41, 5.74) is 0.423. The fourth-order valence-electron chi connectivity index (χ4n) is 2.27. The largest absolute Gasteiger partial charge is 0.586 e. The van der Waals surface area contributed by atoms with E-state index in [2.05, 4.69) is 14.8 Å². The number of anilines is 1. The second-order valence-electron chi connectivity index (χ2n) is 5.28. The van der Waals surface area contributed by atoms with Crippen molar-refractivity contribution in [2.24, 2.45) is 0 Å². The maximum absolute atomic E-state index is 12.9. The van der Waals surface area contributed by atoms with E-state index in [0.717, 1.165) is 0 Å². The summed E-state index contributed by atoms with van der Waals surface area (Å²) in [6.07, 6.45) is -3.74. The monoisotopic (exact) mass is 353 g/mol. The number of rotatable bonds is 4. The zero-order chi connectivity index (χ0) is 18.2. The van der Waals surface area contributed by atoms with Crippen LogP contribution in [0, 0.1) is 13.8 Å². The molecule has 2 aromatic rings. The lowest BCUT2D eigenvalue weighted by Crippen LogP contribution is -2.25. The Morgan fingerprint density at radius 1 is 1.16 bits per heavy atom. The van der Waals surface area contributed by atoms with Crippen molar-refractivity contribution >= 4 is 17.6 Å². The summed E-state index contributed by atoms with van der Waals surface area (Å²) in [6.45, 7) is 2.73. The van der Waals surface area contributed by atoms with E-state index in [1.165, 1.54) is 24.3 Å². The Balaban J connectivity index is 1.57. The SMILES string of the molecule is Cc1cc(C(=O)OCC(=O)Nc2ccc3c(c2)OC(F)(F)O3)c(C)o1. The van der Waals surface area contributed by atoms with Gasteiger partial charge in [-0.2, -0.15) is 0 Å². The number of esters is 1. The summed E-state index contributed by atoms with van der Waals surface area (Å²) in [4.78, 5) is 23.7. The van der Waals surface area contributed by atoms with Crippen molar-refractivity contribution in [1.82, 2.24) is 0 Å². The molecule has 0 unspecified atom stereocenters. The summed E-state index contributed by atoms with van der Waals surface area (Å²) in [6, 6.07) is 5.27. The van der Waals surface area contributed by atoms with E-state index >= 15 is 0 Å². The molecule has 0 fully saturated rings. The van der Waals surface area contributed by atoms with Crippen molar-refractivity contribution in [2.45, 2.75) is 20.1 Å². The summed E-state index contributed by atoms with van der Waals surface area (Å²) >= 11 is 0. The number of hydrogen-bond donors (Lipinski definition) is 1. The normalized spacial score (nSPS) is 14.2. The van der Waals surface area contributed by atoms with E-state index in [9.17, 15) is 18.4 Å². The van der Waals surface area contributed by atoms with Crippen LogP contribution in [-0.2, 0) is 9.53 Å². The van der Waals surface area contributed by atoms with E-state index in [0.29, 0.717) is 11.5 Å². The minimum absolute atomic E-state index is 0.139. The first-order valence-electron chi connectivity index (χ1n) is 7.17. The molecule has 0 aliphatic carbocycles. The van der Waals surface area contributed by atoms with Crippen LogP contribution in [0.2, 0.25) is 0 Å². The maximum atomic E-state index is 12.9. The fourth-order valence-corrected chi connectivity index (χ4v) is 2.27. The molecule has 132 valence electrons. The van der Waals surface area contributed by atoms with Crippen LogP contribution in [0.15, 0.2) is 28.7 Å². The number of amides is 1. The van der Waals surface area contributed by atoms with Gasteiger partial charge >= 0.3 is 12.3 Å². The number of furan rings is 1. The molecule has 1 N–H and O–H groups in total. The zero-order valence-electron chi connectivity index (χ0n) is 13.2. The van der Waals surface area contributed by atoms with Gasteiger partial charge in [-0.05, 0) is 32.0 Å². The number of carbonyl (C=O) groups is 2. The lowest BCUT2D eigenvalue weighted by atomic mass is 10.2. The third kappa shape index (κ3) is 3.70. The van der Waals surface area contributed by atoms with Gasteiger partial charge in [-0.15, -0.1) is 8.78 Å². The van der Waals surface area contributed by atoms with Gasteiger partial charge in [0.25, 0.3) is 5.91 Å². The van der Waals surface area contributed by atoms with Gasteiger partial charge in [0, 0.05) is 11.8 Å². The summed E-state index contributed by atoms with van der Waals surface area (Å²) < 4.78 is 44.5. The predicted octanol–water partition coefficient (Wildman–Crippen LogP) is 3.01. The summed E-state index contributed by atoms with van der Waals surface area (Å²) in [5.74, 6) is -0.748. The first-order valence-corrected chi connectivity index (χ1v) is 7.17. The van der Waals surface area contributed by atoms with E-state index in [-0.39, 0.29) is 22.7 Å². The van der Waals surface area contributed by atoms with Crippen molar-refractivity contribution in [3.8, 4) is 11.5 Å².